The number of amides is 4. The van der Waals surface area contributed by atoms with E-state index < -0.39 is 67.4 Å². The van der Waals surface area contributed by atoms with Crippen LogP contribution >= 0.6 is 0 Å². The molecule has 4 amide bonds. The maximum atomic E-state index is 12.1. The van der Waals surface area contributed by atoms with Crippen LogP contribution in [0.4, 0.5) is 0 Å². The fourth-order valence-corrected chi connectivity index (χ4v) is 1.73. The first-order chi connectivity index (χ1) is 11.6. The van der Waals surface area contributed by atoms with Gasteiger partial charge < -0.3 is 37.0 Å². The Kier molecular flexibility index (Phi) is 9.74. The number of aliphatic hydroxyl groups excluding tert-OH is 2. The Hall–Kier alpha value is -2.73. The Morgan fingerprint density at radius 1 is 0.880 bits per heavy atom. The molecule has 3 atom stereocenters. The number of nitrogens with two attached hydrogens (primary N) is 1. The van der Waals surface area contributed by atoms with Gasteiger partial charge in [0.25, 0.3) is 0 Å². The molecule has 3 unspecified atom stereocenters. The van der Waals surface area contributed by atoms with Crippen LogP contribution in [0.3, 0.4) is 0 Å². The zero-order chi connectivity index (χ0) is 19.6. The number of carbonyl (C=O) groups is 5. The minimum absolute atomic E-state index is 0.331. The molecule has 0 aromatic carbocycles. The predicted molar refractivity (Wildman–Crippen MR) is 81.7 cm³/mol. The van der Waals surface area contributed by atoms with Gasteiger partial charge in [-0.3, -0.25) is 24.0 Å². The Labute approximate surface area is 142 Å². The lowest BCUT2D eigenvalue weighted by Gasteiger charge is -2.23. The fraction of sp³-hybridized carbons (Fsp3) is 0.615. The average molecular weight is 362 g/mol. The number of nitrogens with one attached hydrogen (secondary N) is 3. The minimum Gasteiger partial charge on any atom is -0.481 e. The van der Waals surface area contributed by atoms with Crippen molar-refractivity contribution in [1.29, 1.82) is 0 Å². The second kappa shape index (κ2) is 10.9. The molecule has 0 aromatic heterocycles. The Morgan fingerprint density at radius 3 is 1.76 bits per heavy atom. The number of carboxylic acid groups (broad SMARTS) is 1. The molecule has 0 aliphatic carbocycles. The molecule has 0 aromatic rings. The Bertz CT molecular complexity index is 524. The van der Waals surface area contributed by atoms with E-state index in [9.17, 15) is 24.0 Å². The van der Waals surface area contributed by atoms with Crippen molar-refractivity contribution >= 4 is 29.6 Å². The van der Waals surface area contributed by atoms with E-state index in [1.807, 2.05) is 0 Å². The first-order valence-electron chi connectivity index (χ1n) is 7.23. The fourth-order valence-electron chi connectivity index (χ4n) is 1.73. The number of aliphatic hydroxyl groups is 2. The van der Waals surface area contributed by atoms with Gasteiger partial charge in [0.15, 0.2) is 0 Å². The van der Waals surface area contributed by atoms with Gasteiger partial charge in [-0.25, -0.2) is 0 Å². The van der Waals surface area contributed by atoms with Crippen LogP contribution in [0.1, 0.15) is 19.8 Å². The summed E-state index contributed by atoms with van der Waals surface area (Å²) in [5, 5.41) is 33.2. The molecule has 0 bridgehead atoms. The van der Waals surface area contributed by atoms with Crippen molar-refractivity contribution in [2.45, 2.75) is 37.9 Å². The molecule has 0 rings (SSSR count). The van der Waals surface area contributed by atoms with E-state index in [0.29, 0.717) is 0 Å². The van der Waals surface area contributed by atoms with Gasteiger partial charge >= 0.3 is 5.97 Å². The number of hydrogen-bond acceptors (Lipinski definition) is 7. The summed E-state index contributed by atoms with van der Waals surface area (Å²) in [6, 6.07) is -4.15. The van der Waals surface area contributed by atoms with E-state index in [1.165, 1.54) is 0 Å². The molecule has 0 aliphatic rings. The zero-order valence-corrected chi connectivity index (χ0v) is 13.5. The monoisotopic (exact) mass is 362 g/mol. The van der Waals surface area contributed by atoms with Gasteiger partial charge in [-0.2, -0.15) is 0 Å². The van der Waals surface area contributed by atoms with Crippen LogP contribution in [0.25, 0.3) is 0 Å². The van der Waals surface area contributed by atoms with Crippen LogP contribution in [-0.4, -0.2) is 76.3 Å². The summed E-state index contributed by atoms with van der Waals surface area (Å²) in [6.07, 6.45) is -0.815. The van der Waals surface area contributed by atoms with Gasteiger partial charge in [-0.1, -0.05) is 0 Å². The van der Waals surface area contributed by atoms with Gasteiger partial charge in [-0.05, 0) is 6.42 Å². The number of primary amides is 1. The van der Waals surface area contributed by atoms with Crippen molar-refractivity contribution in [3.8, 4) is 0 Å². The number of carboxylic acids is 1. The molecular weight excluding hydrogens is 340 g/mol. The van der Waals surface area contributed by atoms with E-state index in [-0.39, 0.29) is 6.42 Å². The quantitative estimate of drug-likeness (QED) is 0.191. The maximum absolute atomic E-state index is 12.1. The molecular formula is C13H22N4O8. The van der Waals surface area contributed by atoms with E-state index in [4.69, 9.17) is 21.1 Å². The SMILES string of the molecule is CC(=O)NC(CO)C(=O)NC(CCC(=O)O)C(=O)NC(CO)C(N)=O. The largest absolute Gasteiger partial charge is 0.481 e. The van der Waals surface area contributed by atoms with E-state index in [2.05, 4.69) is 16.0 Å². The topological polar surface area (TPSA) is 208 Å². The molecule has 0 aliphatic heterocycles. The lowest BCUT2D eigenvalue weighted by molar-refractivity contribution is -0.138. The molecule has 0 saturated heterocycles. The highest BCUT2D eigenvalue weighted by Gasteiger charge is 2.28. The number of hydrogen-bond donors (Lipinski definition) is 7. The molecule has 12 heteroatoms. The summed E-state index contributed by atoms with van der Waals surface area (Å²) in [5.74, 6) is -4.74. The normalized spacial score (nSPS) is 13.9. The summed E-state index contributed by atoms with van der Waals surface area (Å²) >= 11 is 0. The smallest absolute Gasteiger partial charge is 0.303 e. The van der Waals surface area contributed by atoms with Crippen molar-refractivity contribution in [2.24, 2.45) is 5.73 Å². The van der Waals surface area contributed by atoms with Crippen LogP contribution in [0, 0.1) is 0 Å². The van der Waals surface area contributed by atoms with Crippen LogP contribution in [-0.2, 0) is 24.0 Å². The molecule has 142 valence electrons. The molecule has 8 N–H and O–H groups in total. The van der Waals surface area contributed by atoms with Crippen LogP contribution < -0.4 is 21.7 Å². The third-order valence-electron chi connectivity index (χ3n) is 3.00. The highest BCUT2D eigenvalue weighted by molar-refractivity contribution is 5.94. The minimum atomic E-state index is -1.42. The molecule has 25 heavy (non-hydrogen) atoms. The van der Waals surface area contributed by atoms with Gasteiger partial charge in [-0.15, -0.1) is 0 Å². The lowest BCUT2D eigenvalue weighted by Crippen LogP contribution is -2.57. The van der Waals surface area contributed by atoms with Gasteiger partial charge in [0.05, 0.1) is 13.2 Å². The molecule has 0 heterocycles. The maximum Gasteiger partial charge on any atom is 0.303 e. The van der Waals surface area contributed by atoms with Crippen molar-refractivity contribution in [3.63, 3.8) is 0 Å². The summed E-state index contributed by atoms with van der Waals surface area (Å²) in [6.45, 7) is -0.422. The van der Waals surface area contributed by atoms with Crippen LogP contribution in [0.5, 0.6) is 0 Å². The molecule has 0 fully saturated rings. The van der Waals surface area contributed by atoms with Gasteiger partial charge in [0.1, 0.15) is 18.1 Å². The Morgan fingerprint density at radius 2 is 1.36 bits per heavy atom. The van der Waals surface area contributed by atoms with Gasteiger partial charge in [0, 0.05) is 13.3 Å². The number of aliphatic carboxylic acids is 1. The predicted octanol–water partition coefficient (Wildman–Crippen LogP) is -4.20. The first kappa shape index (κ1) is 22.3. The molecule has 0 saturated carbocycles. The summed E-state index contributed by atoms with van der Waals surface area (Å²) in [5.41, 5.74) is 4.97. The third-order valence-corrected chi connectivity index (χ3v) is 3.00. The summed E-state index contributed by atoms with van der Waals surface area (Å²) in [4.78, 5) is 56.8. The zero-order valence-electron chi connectivity index (χ0n) is 13.5. The third kappa shape index (κ3) is 8.62. The standard InChI is InChI=1S/C13H22N4O8/c1-6(20)15-9(5-19)13(25)16-7(2-3-10(21)22)12(24)17-8(4-18)11(14)23/h7-9,18-19H,2-5H2,1H3,(H2,14,23)(H,15,20)(H,16,25)(H,17,24)(H,21,22). The molecule has 0 radical (unpaired) electrons. The van der Waals surface area contributed by atoms with Crippen molar-refractivity contribution in [1.82, 2.24) is 16.0 Å². The second-order valence-corrected chi connectivity index (χ2v) is 5.08. The summed E-state index contributed by atoms with van der Waals surface area (Å²) < 4.78 is 0. The van der Waals surface area contributed by atoms with E-state index in [0.717, 1.165) is 6.92 Å². The van der Waals surface area contributed by atoms with E-state index in [1.54, 1.807) is 0 Å². The first-order valence-corrected chi connectivity index (χ1v) is 7.23. The number of carbonyl (C=O) groups excluding carboxylic acids is 4. The summed E-state index contributed by atoms with van der Waals surface area (Å²) in [7, 11) is 0. The van der Waals surface area contributed by atoms with Crippen molar-refractivity contribution in [2.75, 3.05) is 13.2 Å². The van der Waals surface area contributed by atoms with E-state index >= 15 is 0 Å². The highest BCUT2D eigenvalue weighted by Crippen LogP contribution is 2.00. The second-order valence-electron chi connectivity index (χ2n) is 5.08. The molecule has 0 spiro atoms. The van der Waals surface area contributed by atoms with Crippen LogP contribution in [0.2, 0.25) is 0 Å². The lowest BCUT2D eigenvalue weighted by atomic mass is 10.1. The van der Waals surface area contributed by atoms with Crippen LogP contribution in [0.15, 0.2) is 0 Å². The molecule has 12 nitrogen and oxygen atoms in total. The van der Waals surface area contributed by atoms with Crippen molar-refractivity contribution in [3.05, 3.63) is 0 Å². The Balaban J connectivity index is 5.10. The highest BCUT2D eigenvalue weighted by atomic mass is 16.4. The van der Waals surface area contributed by atoms with Crippen molar-refractivity contribution < 1.29 is 39.3 Å². The number of rotatable bonds is 11. The average Bonchev–Trinajstić information content (AvgIpc) is 2.52. The van der Waals surface area contributed by atoms with Gasteiger partial charge in [0.2, 0.25) is 23.6 Å².